The fraction of sp³-hybridized carbons (Fsp3) is 0.259. The number of ether oxygens (including phenoxy) is 11. The number of aliphatic hydroxyl groups excluding tert-OH is 2. The number of hydrogen-bond donors (Lipinski definition) is 4. The molecule has 4 N–H and O–H groups in total. The van der Waals surface area contributed by atoms with Crippen LogP contribution < -0.4 is 4.74 Å². The second kappa shape index (κ2) is 47.7. The molecule has 2 aliphatic rings. The summed E-state index contributed by atoms with van der Waals surface area (Å²) in [5.41, 5.74) is 27.4. The predicted octanol–water partition coefficient (Wildman–Crippen LogP) is 19.2. The molecule has 0 aliphatic heterocycles. The lowest BCUT2D eigenvalue weighted by atomic mass is 9.66. The van der Waals surface area contributed by atoms with E-state index in [0.717, 1.165) is 161 Å². The first-order chi connectivity index (χ1) is 65.4. The minimum absolute atomic E-state index is 0.0163. The monoisotopic (exact) mass is 1800 g/mol. The van der Waals surface area contributed by atoms with Crippen LogP contribution in [0.4, 0.5) is 0 Å². The van der Waals surface area contributed by atoms with Gasteiger partial charge < -0.3 is 72.5 Å². The molecule has 0 saturated carbocycles. The molecule has 0 amide bonds. The van der Waals surface area contributed by atoms with E-state index in [1.165, 1.54) is 0 Å². The molecule has 2 aliphatic carbocycles. The van der Waals surface area contributed by atoms with Crippen LogP contribution in [-0.2, 0) is 90.6 Å². The quantitative estimate of drug-likeness (QED) is 0.0204. The van der Waals surface area contributed by atoms with Crippen molar-refractivity contribution in [1.29, 1.82) is 0 Å². The van der Waals surface area contributed by atoms with Crippen molar-refractivity contribution in [2.75, 3.05) is 133 Å². The fourth-order valence-electron chi connectivity index (χ4n) is 18.0. The van der Waals surface area contributed by atoms with Gasteiger partial charge in [-0.1, -0.05) is 218 Å². The summed E-state index contributed by atoms with van der Waals surface area (Å²) in [5.74, 6) is -2.88. The van der Waals surface area contributed by atoms with E-state index in [4.69, 9.17) is 81.5 Å². The van der Waals surface area contributed by atoms with E-state index in [9.17, 15) is 24.6 Å². The summed E-state index contributed by atoms with van der Waals surface area (Å²) in [4.78, 5) is 73.4. The van der Waals surface area contributed by atoms with Crippen LogP contribution in [-0.4, -0.2) is 183 Å². The Bertz CT molecular complexity index is 6250. The van der Waals surface area contributed by atoms with Crippen molar-refractivity contribution in [3.63, 3.8) is 0 Å². The number of benzene rings is 13. The Balaban J connectivity index is 0.00000247. The lowest BCUT2D eigenvalue weighted by molar-refractivity contribution is -0.193. The van der Waals surface area contributed by atoms with Crippen LogP contribution in [0.1, 0.15) is 116 Å². The van der Waals surface area contributed by atoms with Gasteiger partial charge in [0.15, 0.2) is 0 Å². The average Bonchev–Trinajstić information content (AvgIpc) is 1.53. The maximum absolute atomic E-state index is 13.8. The van der Waals surface area contributed by atoms with Crippen LogP contribution in [0.2, 0.25) is 0 Å². The van der Waals surface area contributed by atoms with E-state index in [0.29, 0.717) is 98.1 Å². The summed E-state index contributed by atoms with van der Waals surface area (Å²) >= 11 is 0. The van der Waals surface area contributed by atoms with Gasteiger partial charge in [0, 0.05) is 7.11 Å². The molecule has 2 atom stereocenters. The number of methoxy groups -OCH3 is 1. The average molecular weight is 1810 g/mol. The maximum Gasteiger partial charge on any atom is 0.373 e. The summed E-state index contributed by atoms with van der Waals surface area (Å²) in [6, 6.07) is 92.5. The van der Waals surface area contributed by atoms with Crippen LogP contribution in [0.5, 0.6) is 5.75 Å². The highest BCUT2D eigenvalue weighted by atomic mass is 16.6. The lowest BCUT2D eigenvalue weighted by Crippen LogP contribution is -2.29. The van der Waals surface area contributed by atoms with Crippen molar-refractivity contribution >= 4 is 30.2 Å². The van der Waals surface area contributed by atoms with Gasteiger partial charge in [-0.2, -0.15) is 19.2 Å². The number of hydrogen-bond acceptors (Lipinski definition) is 20. The molecule has 2 unspecified atom stereocenters. The predicted molar refractivity (Wildman–Crippen MR) is 508 cm³/mol. The van der Waals surface area contributed by atoms with E-state index in [1.54, 1.807) is 38.3 Å². The van der Waals surface area contributed by atoms with E-state index in [2.05, 4.69) is 222 Å². The number of aryl methyl sites for hydroxylation is 4. The largest absolute Gasteiger partial charge is 0.490 e. The number of fused-ring (bicyclic) bond motifs is 6. The van der Waals surface area contributed by atoms with Gasteiger partial charge in [0.1, 0.15) is 17.9 Å². The number of rotatable bonds is 44. The third kappa shape index (κ3) is 22.3. The van der Waals surface area contributed by atoms with Gasteiger partial charge in [-0.15, -0.1) is 0 Å². The molecule has 22 heteroatoms. The molecule has 0 saturated heterocycles. The molecule has 15 rings (SSSR count). The van der Waals surface area contributed by atoms with Crippen molar-refractivity contribution in [3.8, 4) is 94.8 Å². The number of carboxylic acids is 2. The third-order valence-electron chi connectivity index (χ3n) is 24.1. The van der Waals surface area contributed by atoms with Gasteiger partial charge in [0.05, 0.1) is 154 Å². The molecule has 0 radical (unpaired) electrons. The molecule has 0 spiro atoms. The normalized spacial score (nSPS) is 13.6. The molecular formula is C112H108O22. The van der Waals surface area contributed by atoms with Crippen molar-refractivity contribution in [3.05, 3.63) is 361 Å². The van der Waals surface area contributed by atoms with E-state index in [1.807, 2.05) is 48.5 Å². The number of aliphatic hydroxyl groups is 2. The molecule has 22 nitrogen and oxygen atoms in total. The summed E-state index contributed by atoms with van der Waals surface area (Å²) < 4.78 is 62.6. The van der Waals surface area contributed by atoms with Crippen LogP contribution >= 0.6 is 0 Å². The van der Waals surface area contributed by atoms with Crippen molar-refractivity contribution in [2.24, 2.45) is 0 Å². The van der Waals surface area contributed by atoms with Gasteiger partial charge >= 0.3 is 30.2 Å². The number of carbonyl (C=O) groups is 3. The number of carbonyl (C=O) groups excluding carboxylic acids is 5. The molecule has 134 heavy (non-hydrogen) atoms. The number of carboxylic acid groups (broad SMARTS) is 2. The molecule has 0 aromatic heterocycles. The van der Waals surface area contributed by atoms with E-state index >= 15 is 0 Å². The minimum atomic E-state index is -1.25. The Labute approximate surface area is 779 Å². The molecule has 688 valence electrons. The van der Waals surface area contributed by atoms with Crippen LogP contribution in [0.15, 0.2) is 267 Å². The Kier molecular flexibility index (Phi) is 34.8. The van der Waals surface area contributed by atoms with Gasteiger partial charge in [0.2, 0.25) is 0 Å². The summed E-state index contributed by atoms with van der Waals surface area (Å²) in [7, 11) is 1.62. The van der Waals surface area contributed by atoms with Crippen molar-refractivity contribution in [2.45, 2.75) is 58.7 Å². The maximum atomic E-state index is 13.8. The Hall–Kier alpha value is -13.6. The highest BCUT2D eigenvalue weighted by Crippen LogP contribution is 2.61. The third-order valence-corrected chi connectivity index (χ3v) is 24.1. The molecule has 13 aromatic carbocycles. The van der Waals surface area contributed by atoms with Gasteiger partial charge in [-0.05, 0) is 250 Å². The van der Waals surface area contributed by atoms with E-state index < -0.39 is 28.7 Å². The van der Waals surface area contributed by atoms with Crippen LogP contribution in [0.3, 0.4) is 0 Å². The number of aromatic carboxylic acids is 2. The topological polar surface area (TPSA) is 302 Å². The molecular weight excluding hydrogens is 1700 g/mol. The highest BCUT2D eigenvalue weighted by Gasteiger charge is 2.50. The zero-order chi connectivity index (χ0) is 94.5. The SMILES string of the molecule is CCOC(=O)c1ccc(C2(c3ccc(COCCOCCOCCO)cc3)c3cc(-c4ccccc4)ccc3-c3cc(C)c(-c4ccc(-c5cc(C)c(-c6ccc(-c7cc8c(cc7C)-c7ccc(-c9ccccc9)cc7C8(c7ccc(COCCOCCOCCO)cc7)c7ccc(OCCOCCOCCOC)c(C(=O)O)c7)cc6)cc5C)cc4)cc32)cc1C(=O)O.O=C=O.O=C=O. The lowest BCUT2D eigenvalue weighted by Gasteiger charge is -2.35. The molecule has 13 aromatic rings. The standard InChI is InChI=1S/C110H108O18.2CO2/c1-7-127-108(117)92-40-36-88(66-99(92)106(113)114)109(86-32-18-76(19-33-86)70-125-56-54-122-50-48-119-44-42-111)101-64-84(78-14-10-8-11-15-78)30-38-90(101)97-62-74(4)95(68-103(97)109)82-26-22-80(23-27-82)93-60-73(3)94(61-72(93)2)81-24-28-83(29-25-81)96-69-104-98(63-75(96)5)91-39-31-85(79-16-12-9-13-17-79)65-102(91)110(104,87-34-20-77(21-35-87)71-126-57-55-123-51-49-120-45-43-112)89-37-41-105(100(67-89)107(115)116)128-59-58-124-53-52-121-47-46-118-6;2*2-1-3/h8-41,60-69,111-112H,7,42-59,70-71H2,1-6H3,(H,113,114)(H,115,116);;. The zero-order valence-corrected chi connectivity index (χ0v) is 75.9. The second-order valence-electron chi connectivity index (χ2n) is 32.2. The zero-order valence-electron chi connectivity index (χ0n) is 75.9. The number of esters is 1. The highest BCUT2D eigenvalue weighted by molar-refractivity contribution is 6.03. The fourth-order valence-corrected chi connectivity index (χ4v) is 18.0. The molecule has 0 bridgehead atoms. The van der Waals surface area contributed by atoms with Gasteiger partial charge in [-0.25, -0.2) is 14.4 Å². The first kappa shape index (κ1) is 97.9. The van der Waals surface area contributed by atoms with E-state index in [-0.39, 0.29) is 81.0 Å². The summed E-state index contributed by atoms with van der Waals surface area (Å²) in [5, 5.41) is 40.5. The van der Waals surface area contributed by atoms with Crippen LogP contribution in [0.25, 0.3) is 89.0 Å². The van der Waals surface area contributed by atoms with Gasteiger partial charge in [0.25, 0.3) is 0 Å². The first-order valence-electron chi connectivity index (χ1n) is 44.5. The Morgan fingerprint density at radius 1 is 0.299 bits per heavy atom. The summed E-state index contributed by atoms with van der Waals surface area (Å²) in [6.07, 6.45) is 0.500. The smallest absolute Gasteiger partial charge is 0.373 e. The second-order valence-corrected chi connectivity index (χ2v) is 32.2. The van der Waals surface area contributed by atoms with Crippen molar-refractivity contribution < 1.29 is 106 Å². The van der Waals surface area contributed by atoms with Crippen LogP contribution in [0, 0.1) is 27.7 Å². The Morgan fingerprint density at radius 3 is 0.993 bits per heavy atom. The molecule has 0 fully saturated rings. The Morgan fingerprint density at radius 2 is 0.619 bits per heavy atom. The summed E-state index contributed by atoms with van der Waals surface area (Å²) in [6.45, 7) is 16.5. The molecule has 0 heterocycles. The minimum Gasteiger partial charge on any atom is -0.490 e. The first-order valence-corrected chi connectivity index (χ1v) is 44.5. The van der Waals surface area contributed by atoms with Crippen molar-refractivity contribution in [1.82, 2.24) is 0 Å². The van der Waals surface area contributed by atoms with Gasteiger partial charge in [-0.3, -0.25) is 0 Å².